The molecule has 3 heteroatoms. The third-order valence-electron chi connectivity index (χ3n) is 4.37. The Morgan fingerprint density at radius 3 is 2.88 bits per heavy atom. The zero-order valence-electron chi connectivity index (χ0n) is 11.3. The number of ether oxygens (including phenoxy) is 1. The summed E-state index contributed by atoms with van der Waals surface area (Å²) in [5, 5.41) is 3.75. The van der Waals surface area contributed by atoms with Gasteiger partial charge in [0.2, 0.25) is 0 Å². The van der Waals surface area contributed by atoms with Crippen molar-refractivity contribution in [3.8, 4) is 0 Å². The Balaban J connectivity index is 1.87. The summed E-state index contributed by atoms with van der Waals surface area (Å²) < 4.78 is 6.03. The van der Waals surface area contributed by atoms with Gasteiger partial charge in [-0.05, 0) is 57.2 Å². The van der Waals surface area contributed by atoms with Gasteiger partial charge in [0.1, 0.15) is 0 Å². The molecule has 0 aromatic carbocycles. The standard InChI is InChI=1S/C14H27NOS/c1-3-8-15-13(11-17-2)12-5-9-16-14(10-12)6-4-7-14/h12-13,15H,3-11H2,1-2H3. The third-order valence-corrected chi connectivity index (χ3v) is 5.06. The zero-order chi connectivity index (χ0) is 12.1. The van der Waals surface area contributed by atoms with E-state index in [4.69, 9.17) is 4.74 Å². The van der Waals surface area contributed by atoms with E-state index in [9.17, 15) is 0 Å². The van der Waals surface area contributed by atoms with Crippen LogP contribution >= 0.6 is 11.8 Å². The molecule has 17 heavy (non-hydrogen) atoms. The molecule has 0 radical (unpaired) electrons. The smallest absolute Gasteiger partial charge is 0.0685 e. The van der Waals surface area contributed by atoms with E-state index in [1.807, 2.05) is 11.8 Å². The number of rotatable bonds is 6. The Hall–Kier alpha value is 0.270. The van der Waals surface area contributed by atoms with Crippen LogP contribution in [0.3, 0.4) is 0 Å². The molecule has 0 aromatic rings. The van der Waals surface area contributed by atoms with E-state index in [-0.39, 0.29) is 0 Å². The number of nitrogens with one attached hydrogen (secondary N) is 1. The summed E-state index contributed by atoms with van der Waals surface area (Å²) in [6.45, 7) is 4.40. The Labute approximate surface area is 110 Å². The molecular weight excluding hydrogens is 230 g/mol. The lowest BCUT2D eigenvalue weighted by atomic mass is 9.70. The highest BCUT2D eigenvalue weighted by Gasteiger charge is 2.44. The van der Waals surface area contributed by atoms with E-state index < -0.39 is 0 Å². The number of hydrogen-bond donors (Lipinski definition) is 1. The van der Waals surface area contributed by atoms with Crippen LogP contribution < -0.4 is 5.32 Å². The van der Waals surface area contributed by atoms with Gasteiger partial charge in [0.15, 0.2) is 0 Å². The molecule has 0 aromatic heterocycles. The van der Waals surface area contributed by atoms with E-state index in [1.165, 1.54) is 44.3 Å². The number of thioether (sulfide) groups is 1. The summed E-state index contributed by atoms with van der Waals surface area (Å²) in [6, 6.07) is 0.700. The van der Waals surface area contributed by atoms with Gasteiger partial charge in [0.05, 0.1) is 5.60 Å². The summed E-state index contributed by atoms with van der Waals surface area (Å²) in [7, 11) is 0. The van der Waals surface area contributed by atoms with Crippen LogP contribution in [0.15, 0.2) is 0 Å². The quantitative estimate of drug-likeness (QED) is 0.790. The molecule has 1 saturated carbocycles. The van der Waals surface area contributed by atoms with Crippen molar-refractivity contribution >= 4 is 11.8 Å². The van der Waals surface area contributed by atoms with Gasteiger partial charge in [0.25, 0.3) is 0 Å². The maximum absolute atomic E-state index is 6.03. The summed E-state index contributed by atoms with van der Waals surface area (Å²) in [5.41, 5.74) is 0.299. The van der Waals surface area contributed by atoms with Crippen LogP contribution in [0.2, 0.25) is 0 Å². The molecule has 1 saturated heterocycles. The molecule has 2 fully saturated rings. The lowest BCUT2D eigenvalue weighted by Gasteiger charge is -2.49. The van der Waals surface area contributed by atoms with Gasteiger partial charge < -0.3 is 10.1 Å². The van der Waals surface area contributed by atoms with E-state index in [0.717, 1.165) is 19.1 Å². The molecule has 100 valence electrons. The second-order valence-electron chi connectivity index (χ2n) is 5.65. The van der Waals surface area contributed by atoms with Gasteiger partial charge >= 0.3 is 0 Å². The van der Waals surface area contributed by atoms with Crippen LogP contribution in [0.4, 0.5) is 0 Å². The monoisotopic (exact) mass is 257 g/mol. The summed E-state index contributed by atoms with van der Waals surface area (Å²) >= 11 is 1.98. The van der Waals surface area contributed by atoms with Crippen molar-refractivity contribution in [1.82, 2.24) is 5.32 Å². The molecule has 2 rings (SSSR count). The molecule has 2 aliphatic rings. The maximum atomic E-state index is 6.03. The zero-order valence-corrected chi connectivity index (χ0v) is 12.2. The third kappa shape index (κ3) is 3.39. The van der Waals surface area contributed by atoms with Crippen LogP contribution in [0.5, 0.6) is 0 Å². The van der Waals surface area contributed by atoms with E-state index in [2.05, 4.69) is 18.5 Å². The molecule has 1 aliphatic carbocycles. The average molecular weight is 257 g/mol. The van der Waals surface area contributed by atoms with Gasteiger partial charge in [-0.3, -0.25) is 0 Å². The first-order valence-corrected chi connectivity index (χ1v) is 8.55. The number of hydrogen-bond acceptors (Lipinski definition) is 3. The highest BCUT2D eigenvalue weighted by atomic mass is 32.2. The molecule has 1 spiro atoms. The van der Waals surface area contributed by atoms with Crippen LogP contribution in [0, 0.1) is 5.92 Å². The van der Waals surface area contributed by atoms with Gasteiger partial charge in [-0.15, -0.1) is 0 Å². The van der Waals surface area contributed by atoms with E-state index in [0.29, 0.717) is 11.6 Å². The molecule has 0 amide bonds. The summed E-state index contributed by atoms with van der Waals surface area (Å²) in [4.78, 5) is 0. The molecule has 2 nitrogen and oxygen atoms in total. The Bertz CT molecular complexity index is 230. The fourth-order valence-electron chi connectivity index (χ4n) is 3.20. The topological polar surface area (TPSA) is 21.3 Å². The van der Waals surface area contributed by atoms with Crippen LogP contribution in [0.25, 0.3) is 0 Å². The van der Waals surface area contributed by atoms with Gasteiger partial charge in [-0.2, -0.15) is 11.8 Å². The normalized spacial score (nSPS) is 28.9. The first kappa shape index (κ1) is 13.7. The lowest BCUT2D eigenvalue weighted by molar-refractivity contribution is -0.146. The minimum atomic E-state index is 0.299. The van der Waals surface area contributed by atoms with Crippen molar-refractivity contribution in [2.24, 2.45) is 5.92 Å². The maximum Gasteiger partial charge on any atom is 0.0685 e. The average Bonchev–Trinajstić information content (AvgIpc) is 2.33. The Morgan fingerprint density at radius 2 is 2.29 bits per heavy atom. The van der Waals surface area contributed by atoms with Gasteiger partial charge in [-0.25, -0.2) is 0 Å². The molecular formula is C14H27NOS. The van der Waals surface area contributed by atoms with Gasteiger partial charge in [0, 0.05) is 18.4 Å². The highest BCUT2D eigenvalue weighted by molar-refractivity contribution is 7.98. The minimum absolute atomic E-state index is 0.299. The van der Waals surface area contributed by atoms with E-state index >= 15 is 0 Å². The summed E-state index contributed by atoms with van der Waals surface area (Å²) in [5.74, 6) is 2.09. The van der Waals surface area contributed by atoms with E-state index in [1.54, 1.807) is 0 Å². The van der Waals surface area contributed by atoms with Crippen molar-refractivity contribution in [2.75, 3.05) is 25.2 Å². The summed E-state index contributed by atoms with van der Waals surface area (Å²) in [6.07, 6.45) is 10.0. The van der Waals surface area contributed by atoms with Crippen molar-refractivity contribution < 1.29 is 4.74 Å². The Kier molecular flexibility index (Phi) is 5.19. The molecule has 1 aliphatic heterocycles. The minimum Gasteiger partial charge on any atom is -0.375 e. The van der Waals surface area contributed by atoms with Crippen LogP contribution in [-0.4, -0.2) is 36.8 Å². The molecule has 2 atom stereocenters. The fraction of sp³-hybridized carbons (Fsp3) is 1.00. The largest absolute Gasteiger partial charge is 0.375 e. The molecule has 2 unspecified atom stereocenters. The van der Waals surface area contributed by atoms with Crippen molar-refractivity contribution in [3.63, 3.8) is 0 Å². The Morgan fingerprint density at radius 1 is 1.47 bits per heavy atom. The predicted octanol–water partition coefficient (Wildman–Crippen LogP) is 3.07. The first-order valence-electron chi connectivity index (χ1n) is 7.16. The second kappa shape index (κ2) is 6.44. The first-order chi connectivity index (χ1) is 8.29. The fourth-order valence-corrected chi connectivity index (χ4v) is 3.95. The van der Waals surface area contributed by atoms with Crippen LogP contribution in [0.1, 0.15) is 45.4 Å². The molecule has 0 bridgehead atoms. The van der Waals surface area contributed by atoms with Crippen LogP contribution in [-0.2, 0) is 4.74 Å². The SMILES string of the molecule is CCCNC(CSC)C1CCOC2(CCC2)C1. The lowest BCUT2D eigenvalue weighted by Crippen LogP contribution is -2.51. The molecule has 1 heterocycles. The van der Waals surface area contributed by atoms with Crippen molar-refractivity contribution in [3.05, 3.63) is 0 Å². The highest BCUT2D eigenvalue weighted by Crippen LogP contribution is 2.45. The van der Waals surface area contributed by atoms with Crippen molar-refractivity contribution in [1.29, 1.82) is 0 Å². The molecule has 1 N–H and O–H groups in total. The predicted molar refractivity (Wildman–Crippen MR) is 75.7 cm³/mol. The second-order valence-corrected chi connectivity index (χ2v) is 6.56. The van der Waals surface area contributed by atoms with Crippen molar-refractivity contribution in [2.45, 2.75) is 57.1 Å². The van der Waals surface area contributed by atoms with Gasteiger partial charge in [-0.1, -0.05) is 6.92 Å².